The zero-order valence-electron chi connectivity index (χ0n) is 15.6. The summed E-state index contributed by atoms with van der Waals surface area (Å²) in [4.78, 5) is 20.8. The number of rotatable bonds is 4. The minimum absolute atomic E-state index is 0.236. The van der Waals surface area contributed by atoms with Crippen LogP contribution >= 0.6 is 0 Å². The molecule has 0 aliphatic heterocycles. The van der Waals surface area contributed by atoms with Gasteiger partial charge >= 0.3 is 5.97 Å². The predicted molar refractivity (Wildman–Crippen MR) is 109 cm³/mol. The minimum atomic E-state index is -0.968. The molecule has 0 atom stereocenters. The molecule has 4 rings (SSSR count). The molecule has 0 aliphatic carbocycles. The van der Waals surface area contributed by atoms with Crippen molar-refractivity contribution in [2.45, 2.75) is 6.92 Å². The number of aryl methyl sites for hydroxylation is 1. The highest BCUT2D eigenvalue weighted by Gasteiger charge is 2.22. The molecule has 5 nitrogen and oxygen atoms in total. The predicted octanol–water partition coefficient (Wildman–Crippen LogP) is 4.82. The van der Waals surface area contributed by atoms with Crippen molar-refractivity contribution in [3.63, 3.8) is 0 Å². The number of aromatic carboxylic acids is 1. The van der Waals surface area contributed by atoms with Gasteiger partial charge < -0.3 is 9.67 Å². The third kappa shape index (κ3) is 3.07. The summed E-state index contributed by atoms with van der Waals surface area (Å²) < 4.78 is 1.96. The molecule has 0 aliphatic rings. The summed E-state index contributed by atoms with van der Waals surface area (Å²) >= 11 is 0. The van der Waals surface area contributed by atoms with E-state index >= 15 is 0 Å². The second-order valence-electron chi connectivity index (χ2n) is 6.65. The van der Waals surface area contributed by atoms with Gasteiger partial charge in [-0.1, -0.05) is 42.0 Å². The number of carbonyl (C=O) groups is 1. The number of carboxylic acid groups (broad SMARTS) is 1. The second-order valence-corrected chi connectivity index (χ2v) is 6.65. The van der Waals surface area contributed by atoms with Crippen LogP contribution in [0.25, 0.3) is 33.9 Å². The largest absolute Gasteiger partial charge is 0.478 e. The van der Waals surface area contributed by atoms with E-state index in [1.165, 1.54) is 0 Å². The van der Waals surface area contributed by atoms with Crippen molar-refractivity contribution >= 4 is 5.97 Å². The van der Waals surface area contributed by atoms with Crippen molar-refractivity contribution in [3.8, 4) is 33.9 Å². The molecule has 1 N–H and O–H groups in total. The molecule has 0 spiro atoms. The molecule has 0 radical (unpaired) electrons. The van der Waals surface area contributed by atoms with Gasteiger partial charge in [0.15, 0.2) is 0 Å². The van der Waals surface area contributed by atoms with Crippen LogP contribution < -0.4 is 0 Å². The Bertz CT molecular complexity index is 1150. The molecule has 0 saturated carbocycles. The second kappa shape index (κ2) is 7.12. The van der Waals surface area contributed by atoms with Crippen molar-refractivity contribution in [1.29, 1.82) is 0 Å². The number of pyridine rings is 1. The van der Waals surface area contributed by atoms with Crippen LogP contribution in [0, 0.1) is 6.92 Å². The molecule has 0 bridgehead atoms. The van der Waals surface area contributed by atoms with Crippen LogP contribution in [-0.4, -0.2) is 25.6 Å². The molecule has 0 amide bonds. The summed E-state index contributed by atoms with van der Waals surface area (Å²) in [5.41, 5.74) is 5.49. The first-order chi connectivity index (χ1) is 13.6. The fraction of sp³-hybridized carbons (Fsp3) is 0.0870. The summed E-state index contributed by atoms with van der Waals surface area (Å²) in [7, 11) is 1.92. The number of aromatic nitrogens is 3. The summed E-state index contributed by atoms with van der Waals surface area (Å²) in [5.74, 6) is -0.350. The molecule has 2 aromatic heterocycles. The minimum Gasteiger partial charge on any atom is -0.478 e. The highest BCUT2D eigenvalue weighted by atomic mass is 16.4. The van der Waals surface area contributed by atoms with Crippen molar-refractivity contribution in [2.24, 2.45) is 7.05 Å². The molecule has 28 heavy (non-hydrogen) atoms. The van der Waals surface area contributed by atoms with E-state index in [2.05, 4.69) is 4.98 Å². The van der Waals surface area contributed by atoms with Gasteiger partial charge in [-0.3, -0.25) is 4.98 Å². The Morgan fingerprint density at radius 2 is 1.68 bits per heavy atom. The monoisotopic (exact) mass is 369 g/mol. The maximum absolute atomic E-state index is 11.8. The number of benzene rings is 2. The Labute approximate surface area is 163 Å². The maximum Gasteiger partial charge on any atom is 0.336 e. The number of hydrogen-bond acceptors (Lipinski definition) is 3. The van der Waals surface area contributed by atoms with Gasteiger partial charge in [0.1, 0.15) is 5.82 Å². The molecule has 0 saturated heterocycles. The summed E-state index contributed by atoms with van der Waals surface area (Å²) in [6.45, 7) is 1.94. The third-order valence-corrected chi connectivity index (χ3v) is 4.74. The van der Waals surface area contributed by atoms with Crippen LogP contribution in [0.3, 0.4) is 0 Å². The molecule has 0 unspecified atom stereocenters. The van der Waals surface area contributed by atoms with E-state index in [1.54, 1.807) is 24.5 Å². The zero-order valence-corrected chi connectivity index (χ0v) is 15.6. The SMILES string of the molecule is Cc1ccc(C(=O)O)c(-c2nc(-c3ccccc3)c(-c3ccncc3)n2C)c1. The zero-order chi connectivity index (χ0) is 19.7. The highest BCUT2D eigenvalue weighted by molar-refractivity contribution is 5.96. The Morgan fingerprint density at radius 1 is 0.964 bits per heavy atom. The first-order valence-electron chi connectivity index (χ1n) is 8.93. The van der Waals surface area contributed by atoms with Gasteiger partial charge in [0, 0.05) is 36.1 Å². The summed E-state index contributed by atoms with van der Waals surface area (Å²) in [6, 6.07) is 19.1. The molecule has 2 heterocycles. The average Bonchev–Trinajstić information content (AvgIpc) is 3.06. The molecule has 0 fully saturated rings. The smallest absolute Gasteiger partial charge is 0.336 e. The van der Waals surface area contributed by atoms with Crippen molar-refractivity contribution in [1.82, 2.24) is 14.5 Å². The summed E-state index contributed by atoms with van der Waals surface area (Å²) in [5, 5.41) is 9.67. The van der Waals surface area contributed by atoms with E-state index in [-0.39, 0.29) is 5.56 Å². The van der Waals surface area contributed by atoms with Crippen molar-refractivity contribution in [2.75, 3.05) is 0 Å². The molecule has 138 valence electrons. The van der Waals surface area contributed by atoms with E-state index < -0.39 is 5.97 Å². The highest BCUT2D eigenvalue weighted by Crippen LogP contribution is 2.36. The fourth-order valence-electron chi connectivity index (χ4n) is 3.41. The van der Waals surface area contributed by atoms with Crippen molar-refractivity contribution in [3.05, 3.63) is 84.2 Å². The van der Waals surface area contributed by atoms with Gasteiger partial charge in [0.25, 0.3) is 0 Å². The van der Waals surface area contributed by atoms with Crippen LogP contribution in [0.5, 0.6) is 0 Å². The van der Waals surface area contributed by atoms with Crippen LogP contribution in [-0.2, 0) is 7.05 Å². The lowest BCUT2D eigenvalue weighted by molar-refractivity contribution is 0.0697. The maximum atomic E-state index is 11.8. The third-order valence-electron chi connectivity index (χ3n) is 4.74. The molecule has 2 aromatic carbocycles. The topological polar surface area (TPSA) is 68.0 Å². The van der Waals surface area contributed by atoms with E-state index in [9.17, 15) is 9.90 Å². The Kier molecular flexibility index (Phi) is 4.49. The van der Waals surface area contributed by atoms with E-state index in [1.807, 2.05) is 67.1 Å². The number of imidazole rings is 1. The molecule has 5 heteroatoms. The van der Waals surface area contributed by atoms with Gasteiger partial charge in [0.2, 0.25) is 0 Å². The van der Waals surface area contributed by atoms with Gasteiger partial charge in [-0.2, -0.15) is 0 Å². The van der Waals surface area contributed by atoms with Crippen LogP contribution in [0.4, 0.5) is 0 Å². The Morgan fingerprint density at radius 3 is 2.36 bits per heavy atom. The van der Waals surface area contributed by atoms with Crippen LogP contribution in [0.1, 0.15) is 15.9 Å². The first kappa shape index (κ1) is 17.7. The van der Waals surface area contributed by atoms with Gasteiger partial charge in [-0.15, -0.1) is 0 Å². The first-order valence-corrected chi connectivity index (χ1v) is 8.93. The standard InChI is InChI=1S/C23H19N3O2/c1-15-8-9-18(23(27)28)19(14-15)22-25-20(16-6-4-3-5-7-16)21(26(22)2)17-10-12-24-13-11-17/h3-14H,1-2H3,(H,27,28). The van der Waals surface area contributed by atoms with Crippen LogP contribution in [0.15, 0.2) is 73.1 Å². The summed E-state index contributed by atoms with van der Waals surface area (Å²) in [6.07, 6.45) is 3.48. The number of carboxylic acids is 1. The quantitative estimate of drug-likeness (QED) is 0.560. The molecular weight excluding hydrogens is 350 g/mol. The van der Waals surface area contributed by atoms with Crippen LogP contribution in [0.2, 0.25) is 0 Å². The molecular formula is C23H19N3O2. The normalized spacial score (nSPS) is 10.8. The molecule has 4 aromatic rings. The Hall–Kier alpha value is -3.73. The fourth-order valence-corrected chi connectivity index (χ4v) is 3.41. The lowest BCUT2D eigenvalue weighted by atomic mass is 10.0. The lowest BCUT2D eigenvalue weighted by Crippen LogP contribution is -2.03. The lowest BCUT2D eigenvalue weighted by Gasteiger charge is -2.10. The van der Waals surface area contributed by atoms with Gasteiger partial charge in [-0.05, 0) is 31.2 Å². The average molecular weight is 369 g/mol. The van der Waals surface area contributed by atoms with E-state index in [4.69, 9.17) is 4.98 Å². The van der Waals surface area contributed by atoms with Gasteiger partial charge in [-0.25, -0.2) is 9.78 Å². The Balaban J connectivity index is 2.03. The number of hydrogen-bond donors (Lipinski definition) is 1. The van der Waals surface area contributed by atoms with E-state index in [0.717, 1.165) is 28.1 Å². The van der Waals surface area contributed by atoms with Crippen molar-refractivity contribution < 1.29 is 9.90 Å². The number of nitrogens with zero attached hydrogens (tertiary/aromatic N) is 3. The van der Waals surface area contributed by atoms with Gasteiger partial charge in [0.05, 0.1) is 17.0 Å². The van der Waals surface area contributed by atoms with E-state index in [0.29, 0.717) is 11.4 Å².